The summed E-state index contributed by atoms with van der Waals surface area (Å²) in [6.45, 7) is 3.51. The Morgan fingerprint density at radius 1 is 0.316 bits per heavy atom. The number of aromatic hydroxyl groups is 2. The zero-order chi connectivity index (χ0) is 67.8. The van der Waals surface area contributed by atoms with Gasteiger partial charge < -0.3 is 38.6 Å². The van der Waals surface area contributed by atoms with Crippen molar-refractivity contribution >= 4 is 144 Å². The Morgan fingerprint density at radius 2 is 0.600 bits per heavy atom. The van der Waals surface area contributed by atoms with Gasteiger partial charge >= 0.3 is 35.8 Å². The molecular weight excluding hydrogens is 1430 g/mol. The second kappa shape index (κ2) is 36.1. The number of phenols is 2. The lowest BCUT2D eigenvalue weighted by Crippen LogP contribution is -2.11. The molecule has 0 unspecified atom stereocenters. The molecule has 2 N–H and O–H groups in total. The van der Waals surface area contributed by atoms with Crippen molar-refractivity contribution in [3.63, 3.8) is 0 Å². The Hall–Kier alpha value is -8.94. The number of carbonyl (C=O) groups is 7. The highest BCUT2D eigenvalue weighted by Crippen LogP contribution is 2.31. The Morgan fingerprint density at radius 3 is 0.937 bits per heavy atom. The summed E-state index contributed by atoms with van der Waals surface area (Å²) in [4.78, 5) is 85.9. The fourth-order valence-electron chi connectivity index (χ4n) is 9.78. The van der Waals surface area contributed by atoms with E-state index < -0.39 is 23.9 Å². The number of phenolic OH excluding ortho intramolecular Hbond substituents is 2. The molecule has 0 spiro atoms. The third-order valence-electron chi connectivity index (χ3n) is 14.8. The minimum atomic E-state index is -0.542. The molecule has 0 aliphatic heterocycles. The van der Waals surface area contributed by atoms with Crippen molar-refractivity contribution in [1.29, 1.82) is 0 Å². The van der Waals surface area contributed by atoms with Crippen LogP contribution in [0.3, 0.4) is 0 Å². The normalized spacial score (nSPS) is 10.8. The molecule has 10 aromatic carbocycles. The van der Waals surface area contributed by atoms with Gasteiger partial charge in [0, 0.05) is 35.3 Å². The van der Waals surface area contributed by atoms with Crippen LogP contribution >= 0.6 is 59.4 Å². The zero-order valence-corrected chi connectivity index (χ0v) is 57.7. The van der Waals surface area contributed by atoms with Gasteiger partial charge in [0.05, 0.1) is 22.3 Å². The van der Waals surface area contributed by atoms with Crippen LogP contribution in [-0.2, 0) is 14.4 Å². The van der Waals surface area contributed by atoms with Crippen LogP contribution in [0.5, 0.6) is 46.0 Å². The number of benzene rings is 10. The summed E-state index contributed by atoms with van der Waals surface area (Å²) in [5.74, 6) is -0.111. The van der Waals surface area contributed by atoms with Crippen LogP contribution in [-0.4, -0.2) is 67.3 Å². The first-order valence-corrected chi connectivity index (χ1v) is 34.5. The zero-order valence-electron chi connectivity index (χ0n) is 52.1. The number of unbranched alkanes of at least 4 members (excludes halogenated alkanes) is 6. The second-order valence-electron chi connectivity index (χ2n) is 22.2. The maximum Gasteiger partial charge on any atom is 0.343 e. The molecule has 0 aliphatic carbocycles. The molecule has 19 heteroatoms. The van der Waals surface area contributed by atoms with Crippen molar-refractivity contribution < 1.29 is 72.2 Å². The van der Waals surface area contributed by atoms with E-state index in [-0.39, 0.29) is 28.7 Å². The second-order valence-corrected chi connectivity index (χ2v) is 25.0. The lowest BCUT2D eigenvalue weighted by atomic mass is 10.1. The van der Waals surface area contributed by atoms with Crippen LogP contribution in [0.25, 0.3) is 43.1 Å². The van der Waals surface area contributed by atoms with Crippen molar-refractivity contribution in [2.24, 2.45) is 0 Å². The molecule has 0 heterocycles. The maximum atomic E-state index is 13.1. The van der Waals surface area contributed by atoms with Gasteiger partial charge in [0.25, 0.3) is 0 Å². The van der Waals surface area contributed by atoms with Gasteiger partial charge in [0.2, 0.25) is 5.24 Å². The van der Waals surface area contributed by atoms with Crippen LogP contribution in [0.2, 0.25) is 0 Å². The molecule has 0 aromatic heterocycles. The topological polar surface area (TPSA) is 215 Å². The molecule has 0 atom stereocenters. The standard InChI is InChI=1S/C41H38Br2O8.C29H20O6.C6H10BrClO/c1-27-22-34(50-40(46)32-12-10-30-25-35(16-14-28(30)23-32)48-38(44)8-4-2-6-20-42)18-19-37(27)51-41(47)33-13-11-31-26-36(17-15-29(31)24-33)49-39(45)9-5-3-7-21-43;1-17-12-26(34-28(32)22-4-2-20-15-24(30)8-6-18(20)13-22)10-11-27(17)35-29(33)23-5-3-21-16-25(31)9-7-19(21)14-23;7-5-3-1-2-4-6(8)9/h10-19,22-26H,2-9,20-21H2,1H3;2-16,30-31H,1H3;1-5H2. The van der Waals surface area contributed by atoms with E-state index in [1.807, 2.05) is 0 Å². The number of aryl methyl sites for hydroxylation is 2. The molecule has 15 nitrogen and oxygen atoms in total. The first-order chi connectivity index (χ1) is 45.8. The molecule has 0 aliphatic rings. The van der Waals surface area contributed by atoms with Crippen LogP contribution in [0, 0.1) is 13.8 Å². The fourth-order valence-corrected chi connectivity index (χ4v) is 11.1. The Bertz CT molecular complexity index is 4420. The molecule has 0 saturated carbocycles. The smallest absolute Gasteiger partial charge is 0.343 e. The highest BCUT2D eigenvalue weighted by molar-refractivity contribution is 9.09. The average Bonchev–Trinajstić information content (AvgIpc) is 0.930. The molecule has 490 valence electrons. The molecule has 0 amide bonds. The number of hydrogen-bond donors (Lipinski definition) is 2. The Balaban J connectivity index is 0.000000226. The van der Waals surface area contributed by atoms with Gasteiger partial charge in [-0.1, -0.05) is 116 Å². The van der Waals surface area contributed by atoms with E-state index in [1.54, 1.807) is 196 Å². The fraction of sp³-hybridized carbons (Fsp3) is 0.224. The summed E-state index contributed by atoms with van der Waals surface area (Å²) < 4.78 is 33.4. The van der Waals surface area contributed by atoms with E-state index in [9.17, 15) is 43.8 Å². The average molecular weight is 1500 g/mol. The molecule has 0 radical (unpaired) electrons. The summed E-state index contributed by atoms with van der Waals surface area (Å²) in [5.41, 5.74) is 2.70. The van der Waals surface area contributed by atoms with Gasteiger partial charge in [0.1, 0.15) is 46.0 Å². The third kappa shape index (κ3) is 22.1. The number of halogens is 4. The highest BCUT2D eigenvalue weighted by atomic mass is 79.9. The predicted molar refractivity (Wildman–Crippen MR) is 380 cm³/mol. The van der Waals surface area contributed by atoms with Gasteiger partial charge in [-0.3, -0.25) is 14.4 Å². The Kier molecular flexibility index (Phi) is 27.3. The van der Waals surface area contributed by atoms with Crippen LogP contribution < -0.4 is 28.4 Å². The Labute approximate surface area is 580 Å². The van der Waals surface area contributed by atoms with Crippen molar-refractivity contribution in [2.45, 2.75) is 90.9 Å². The van der Waals surface area contributed by atoms with Gasteiger partial charge in [-0.15, -0.1) is 0 Å². The molecule has 10 rings (SSSR count). The molecule has 10 aromatic rings. The van der Waals surface area contributed by atoms with Gasteiger partial charge in [-0.25, -0.2) is 19.2 Å². The predicted octanol–water partition coefficient (Wildman–Crippen LogP) is 19.3. The van der Waals surface area contributed by atoms with Crippen molar-refractivity contribution in [2.75, 3.05) is 16.0 Å². The number of esters is 6. The van der Waals surface area contributed by atoms with E-state index >= 15 is 0 Å². The highest BCUT2D eigenvalue weighted by Gasteiger charge is 2.18. The number of carbonyl (C=O) groups excluding carboxylic acids is 7. The lowest BCUT2D eigenvalue weighted by Gasteiger charge is -2.11. The summed E-state index contributed by atoms with van der Waals surface area (Å²) in [6.07, 6.45) is 9.92. The quantitative estimate of drug-likeness (QED) is 0.0179. The van der Waals surface area contributed by atoms with Gasteiger partial charge in [0.15, 0.2) is 0 Å². The van der Waals surface area contributed by atoms with E-state index in [4.69, 9.17) is 40.0 Å². The van der Waals surface area contributed by atoms with E-state index in [1.165, 1.54) is 0 Å². The minimum absolute atomic E-state index is 0.157. The summed E-state index contributed by atoms with van der Waals surface area (Å²) in [6, 6.07) is 50.4. The van der Waals surface area contributed by atoms with E-state index in [0.29, 0.717) is 87.1 Å². The first-order valence-electron chi connectivity index (χ1n) is 30.8. The number of hydrogen-bond acceptors (Lipinski definition) is 15. The largest absolute Gasteiger partial charge is 0.508 e. The van der Waals surface area contributed by atoms with Gasteiger partial charge in [-0.05, 0) is 252 Å². The van der Waals surface area contributed by atoms with E-state index in [2.05, 4.69) is 47.8 Å². The SMILES string of the molecule is Cc1cc(OC(=O)c2ccc3cc(O)ccc3c2)ccc1OC(=O)c1ccc2cc(O)ccc2c1.Cc1cc(OC(=O)c2ccc3cc(OC(=O)CCCCCBr)ccc3c2)ccc1OC(=O)c1ccc2cc(OC(=O)CCCCCBr)ccc2c1.O=C(Cl)CCCCCBr. The summed E-state index contributed by atoms with van der Waals surface area (Å²) in [5, 5.41) is 28.3. The number of ether oxygens (including phenoxy) is 6. The third-order valence-corrected chi connectivity index (χ3v) is 16.7. The van der Waals surface area contributed by atoms with Crippen molar-refractivity contribution in [3.8, 4) is 46.0 Å². The summed E-state index contributed by atoms with van der Waals surface area (Å²) in [7, 11) is 0. The van der Waals surface area contributed by atoms with Crippen LogP contribution in [0.4, 0.5) is 0 Å². The van der Waals surface area contributed by atoms with Crippen molar-refractivity contribution in [1.82, 2.24) is 0 Å². The van der Waals surface area contributed by atoms with Crippen LogP contribution in [0.1, 0.15) is 130 Å². The molecule has 0 bridgehead atoms. The number of alkyl halides is 3. The van der Waals surface area contributed by atoms with E-state index in [0.717, 1.165) is 117 Å². The molecule has 95 heavy (non-hydrogen) atoms. The molecule has 0 fully saturated rings. The summed E-state index contributed by atoms with van der Waals surface area (Å²) >= 11 is 15.2. The number of fused-ring (bicyclic) bond motifs is 4. The maximum absolute atomic E-state index is 13.1. The first kappa shape index (κ1) is 71.9. The van der Waals surface area contributed by atoms with Crippen LogP contribution in [0.15, 0.2) is 182 Å². The number of rotatable bonds is 25. The minimum Gasteiger partial charge on any atom is -0.508 e. The molecule has 0 saturated heterocycles. The van der Waals surface area contributed by atoms with Gasteiger partial charge in [-0.2, -0.15) is 0 Å². The molecular formula is C76H68Br3ClO15. The lowest BCUT2D eigenvalue weighted by molar-refractivity contribution is -0.135. The van der Waals surface area contributed by atoms with Crippen molar-refractivity contribution in [3.05, 3.63) is 215 Å². The monoisotopic (exact) mass is 1490 g/mol.